The van der Waals surface area contributed by atoms with E-state index in [1.54, 1.807) is 6.07 Å². The second-order valence-corrected chi connectivity index (χ2v) is 7.22. The Morgan fingerprint density at radius 3 is 2.54 bits per heavy atom. The van der Waals surface area contributed by atoms with E-state index in [2.05, 4.69) is 61.7 Å². The molecule has 0 spiro atoms. The van der Waals surface area contributed by atoms with Crippen LogP contribution in [0.4, 0.5) is 4.39 Å². The molecule has 2 nitrogen and oxygen atoms in total. The van der Waals surface area contributed by atoms with Crippen LogP contribution in [0.1, 0.15) is 16.7 Å². The van der Waals surface area contributed by atoms with E-state index in [1.165, 1.54) is 11.6 Å². The number of fused-ring (bicyclic) bond motifs is 6. The van der Waals surface area contributed by atoms with Gasteiger partial charge in [-0.3, -0.25) is 9.37 Å². The predicted molar refractivity (Wildman–Crippen MR) is 109 cm³/mol. The molecule has 0 aliphatic heterocycles. The molecule has 5 aromatic rings. The van der Waals surface area contributed by atoms with Crippen molar-refractivity contribution in [1.82, 2.24) is 9.38 Å². The third-order valence-electron chi connectivity index (χ3n) is 5.23. The van der Waals surface area contributed by atoms with Crippen molar-refractivity contribution < 1.29 is 24.5 Å². The Morgan fingerprint density at radius 2 is 1.75 bits per heavy atom. The zero-order valence-corrected chi connectivity index (χ0v) is 18.2. The van der Waals surface area contributed by atoms with Gasteiger partial charge in [-0.15, -0.1) is 18.2 Å². The van der Waals surface area contributed by atoms with Gasteiger partial charge in [0.2, 0.25) is 0 Å². The Morgan fingerprint density at radius 1 is 0.964 bits per heavy atom. The van der Waals surface area contributed by atoms with Crippen LogP contribution in [0, 0.1) is 32.7 Å². The van der Waals surface area contributed by atoms with Gasteiger partial charge in [0.1, 0.15) is 0 Å². The summed E-state index contributed by atoms with van der Waals surface area (Å²) >= 11 is 0. The van der Waals surface area contributed by atoms with Crippen molar-refractivity contribution in [2.75, 3.05) is 0 Å². The van der Waals surface area contributed by atoms with Gasteiger partial charge in [0, 0.05) is 43.2 Å². The van der Waals surface area contributed by atoms with E-state index in [-0.39, 0.29) is 25.9 Å². The SMILES string of the molecule is Cc1cc(C)c2c(c1)c1cc(F)c[c-]c1c1nc(-c3ccccc3C)cn12.[Ir]. The molecule has 2 heterocycles. The van der Waals surface area contributed by atoms with Gasteiger partial charge in [-0.1, -0.05) is 52.7 Å². The van der Waals surface area contributed by atoms with Crippen molar-refractivity contribution in [3.8, 4) is 11.3 Å². The number of benzene rings is 3. The zero-order chi connectivity index (χ0) is 18.7. The number of rotatable bonds is 1. The van der Waals surface area contributed by atoms with E-state index >= 15 is 0 Å². The summed E-state index contributed by atoms with van der Waals surface area (Å²) < 4.78 is 16.2. The minimum Gasteiger partial charge on any atom is -0.339 e. The molecule has 141 valence electrons. The van der Waals surface area contributed by atoms with E-state index in [9.17, 15) is 4.39 Å². The van der Waals surface area contributed by atoms with Crippen LogP contribution >= 0.6 is 0 Å². The van der Waals surface area contributed by atoms with Gasteiger partial charge in [-0.05, 0) is 37.3 Å². The molecule has 0 atom stereocenters. The molecule has 0 bridgehead atoms. The Hall–Kier alpha value is -2.55. The van der Waals surface area contributed by atoms with Crippen molar-refractivity contribution in [1.29, 1.82) is 0 Å². The second-order valence-electron chi connectivity index (χ2n) is 7.22. The van der Waals surface area contributed by atoms with Crippen molar-refractivity contribution >= 4 is 27.3 Å². The first-order valence-electron chi connectivity index (χ1n) is 9.02. The molecule has 0 saturated carbocycles. The molecule has 3 aromatic carbocycles. The quantitative estimate of drug-likeness (QED) is 0.182. The van der Waals surface area contributed by atoms with Gasteiger partial charge in [0.05, 0.1) is 11.3 Å². The maximum atomic E-state index is 14.0. The third-order valence-corrected chi connectivity index (χ3v) is 5.23. The topological polar surface area (TPSA) is 17.3 Å². The molecule has 1 radical (unpaired) electrons. The summed E-state index contributed by atoms with van der Waals surface area (Å²) in [7, 11) is 0. The fourth-order valence-corrected chi connectivity index (χ4v) is 4.07. The molecule has 4 heteroatoms. The van der Waals surface area contributed by atoms with Crippen molar-refractivity contribution in [2.45, 2.75) is 20.8 Å². The summed E-state index contributed by atoms with van der Waals surface area (Å²) in [5.41, 5.74) is 7.38. The number of imidazole rings is 1. The molecular weight excluding hydrogens is 527 g/mol. The van der Waals surface area contributed by atoms with Crippen LogP contribution in [0.25, 0.3) is 38.6 Å². The normalized spacial score (nSPS) is 11.3. The molecule has 0 fully saturated rings. The van der Waals surface area contributed by atoms with Crippen LogP contribution in [0.15, 0.2) is 54.7 Å². The summed E-state index contributed by atoms with van der Waals surface area (Å²) in [6.07, 6.45) is 2.08. The minimum absolute atomic E-state index is 0. The van der Waals surface area contributed by atoms with Crippen molar-refractivity contribution in [3.63, 3.8) is 0 Å². The third kappa shape index (κ3) is 2.76. The predicted octanol–water partition coefficient (Wildman–Crippen LogP) is 6.17. The molecule has 2 aromatic heterocycles. The van der Waals surface area contributed by atoms with Crippen molar-refractivity contribution in [3.05, 3.63) is 83.3 Å². The average molecular weight is 546 g/mol. The molecule has 0 aliphatic carbocycles. The van der Waals surface area contributed by atoms with Gasteiger partial charge < -0.3 is 4.40 Å². The van der Waals surface area contributed by atoms with Crippen LogP contribution in [0.2, 0.25) is 0 Å². The first kappa shape index (κ1) is 18.8. The van der Waals surface area contributed by atoms with E-state index in [1.807, 2.05) is 12.1 Å². The minimum atomic E-state index is -0.280. The van der Waals surface area contributed by atoms with Crippen LogP contribution in [-0.4, -0.2) is 9.38 Å². The standard InChI is InChI=1S/C24H18FN2.Ir/c1-14-10-16(3)23-21(11-14)20-12-17(25)8-9-19(20)24-26-22(13-27(23)24)18-7-5-4-6-15(18)2;/h4-8,10-13H,1-3H3;/q-1;. The molecule has 0 saturated heterocycles. The largest absolute Gasteiger partial charge is 0.339 e. The summed E-state index contributed by atoms with van der Waals surface area (Å²) in [6.45, 7) is 6.25. The van der Waals surface area contributed by atoms with Gasteiger partial charge in [-0.25, -0.2) is 0 Å². The fraction of sp³-hybridized carbons (Fsp3) is 0.125. The smallest absolute Gasteiger partial charge is 0.0774 e. The van der Waals surface area contributed by atoms with E-state index in [0.29, 0.717) is 0 Å². The summed E-state index contributed by atoms with van der Waals surface area (Å²) in [5, 5.41) is 2.72. The molecule has 0 aliphatic rings. The molecule has 0 N–H and O–H groups in total. The Bertz CT molecular complexity index is 1370. The number of aromatic nitrogens is 2. The number of hydrogen-bond donors (Lipinski definition) is 0. The molecule has 5 rings (SSSR count). The maximum absolute atomic E-state index is 14.0. The van der Waals surface area contributed by atoms with Crippen molar-refractivity contribution in [2.24, 2.45) is 0 Å². The zero-order valence-electron chi connectivity index (χ0n) is 15.8. The van der Waals surface area contributed by atoms with Crippen LogP contribution in [0.5, 0.6) is 0 Å². The molecule has 0 amide bonds. The number of halogens is 1. The first-order valence-corrected chi connectivity index (χ1v) is 9.02. The first-order chi connectivity index (χ1) is 13.0. The second kappa shape index (κ2) is 6.80. The van der Waals surface area contributed by atoms with Gasteiger partial charge >= 0.3 is 0 Å². The Labute approximate surface area is 176 Å². The number of hydrogen-bond acceptors (Lipinski definition) is 1. The van der Waals surface area contributed by atoms with Gasteiger partial charge in [0.25, 0.3) is 0 Å². The van der Waals surface area contributed by atoms with E-state index < -0.39 is 0 Å². The van der Waals surface area contributed by atoms with Gasteiger partial charge in [0.15, 0.2) is 0 Å². The van der Waals surface area contributed by atoms with Crippen LogP contribution in [-0.2, 0) is 20.1 Å². The van der Waals surface area contributed by atoms with Crippen LogP contribution < -0.4 is 0 Å². The summed E-state index contributed by atoms with van der Waals surface area (Å²) in [4.78, 5) is 4.92. The number of nitrogens with zero attached hydrogens (tertiary/aromatic N) is 2. The fourth-order valence-electron chi connectivity index (χ4n) is 4.07. The monoisotopic (exact) mass is 546 g/mol. The summed E-state index contributed by atoms with van der Waals surface area (Å²) in [6, 6.07) is 18.6. The molecule has 28 heavy (non-hydrogen) atoms. The average Bonchev–Trinajstić information content (AvgIpc) is 3.06. The molecular formula is C24H18FIrN2-. The maximum Gasteiger partial charge on any atom is 0.0774 e. The number of pyridine rings is 1. The Balaban J connectivity index is 0.00000192. The van der Waals surface area contributed by atoms with E-state index in [4.69, 9.17) is 4.98 Å². The summed E-state index contributed by atoms with van der Waals surface area (Å²) in [5.74, 6) is -0.280. The number of aryl methyl sites for hydroxylation is 3. The van der Waals surface area contributed by atoms with E-state index in [0.717, 1.165) is 49.7 Å². The molecule has 0 unspecified atom stereocenters. The van der Waals surface area contributed by atoms with Gasteiger partial charge in [-0.2, -0.15) is 0 Å². The van der Waals surface area contributed by atoms with Crippen LogP contribution in [0.3, 0.4) is 0 Å². The Kier molecular flexibility index (Phi) is 4.57.